The summed E-state index contributed by atoms with van der Waals surface area (Å²) >= 11 is 0. The van der Waals surface area contributed by atoms with Crippen molar-refractivity contribution in [2.24, 2.45) is 5.73 Å². The zero-order valence-corrected chi connectivity index (χ0v) is 15.8. The number of ketones is 1. The van der Waals surface area contributed by atoms with Gasteiger partial charge in [-0.25, -0.2) is 0 Å². The fourth-order valence-corrected chi connectivity index (χ4v) is 2.59. The van der Waals surface area contributed by atoms with Gasteiger partial charge in [0.15, 0.2) is 0 Å². The first-order chi connectivity index (χ1) is 12.9. The molecule has 1 rings (SSSR count). The molecule has 1 aromatic carbocycles. The van der Waals surface area contributed by atoms with E-state index in [-0.39, 0.29) is 18.7 Å². The summed E-state index contributed by atoms with van der Waals surface area (Å²) in [4.78, 5) is 47.3. The van der Waals surface area contributed by atoms with E-state index in [1.807, 2.05) is 30.3 Å². The van der Waals surface area contributed by atoms with Gasteiger partial charge in [-0.1, -0.05) is 62.9 Å². The summed E-state index contributed by atoms with van der Waals surface area (Å²) in [7, 11) is 0. The Kier molecular flexibility index (Phi) is 10.4. The summed E-state index contributed by atoms with van der Waals surface area (Å²) in [5.74, 6) is -2.94. The zero-order valence-electron chi connectivity index (χ0n) is 15.8. The van der Waals surface area contributed by atoms with E-state index in [0.717, 1.165) is 31.2 Å². The van der Waals surface area contributed by atoms with Gasteiger partial charge in [-0.05, 0) is 12.0 Å². The third-order valence-corrected chi connectivity index (χ3v) is 4.12. The average molecular weight is 375 g/mol. The Morgan fingerprint density at radius 2 is 1.63 bits per heavy atom. The number of carbonyl (C=O) groups excluding carboxylic acids is 4. The number of nitrogens with one attached hydrogen (secondary N) is 2. The van der Waals surface area contributed by atoms with Crippen LogP contribution < -0.4 is 16.4 Å². The number of benzene rings is 1. The van der Waals surface area contributed by atoms with Crippen LogP contribution in [0.3, 0.4) is 0 Å². The molecule has 1 unspecified atom stereocenters. The van der Waals surface area contributed by atoms with Crippen molar-refractivity contribution in [3.63, 3.8) is 0 Å². The molecule has 0 aliphatic rings. The largest absolute Gasteiger partial charge is 0.363 e. The smallest absolute Gasteiger partial charge is 0.287 e. The standard InChI is InChI=1S/C20H29N3O4/c1-2-3-4-5-9-12-17(24)23-16(19(26)20(21)27)13-18(25)22-14-15-10-7-6-8-11-15/h6-8,10-11,16H,2-5,9,12-14H2,1H3,(H2,21,27)(H,22,25)(H,23,24). The van der Waals surface area contributed by atoms with Crippen molar-refractivity contribution in [1.82, 2.24) is 10.6 Å². The Labute approximate surface area is 160 Å². The molecule has 0 aromatic heterocycles. The summed E-state index contributed by atoms with van der Waals surface area (Å²) in [6.07, 6.45) is 4.83. The van der Waals surface area contributed by atoms with E-state index in [2.05, 4.69) is 17.6 Å². The molecule has 0 aliphatic carbocycles. The van der Waals surface area contributed by atoms with Crippen molar-refractivity contribution in [3.05, 3.63) is 35.9 Å². The van der Waals surface area contributed by atoms with E-state index >= 15 is 0 Å². The lowest BCUT2D eigenvalue weighted by atomic mass is 10.1. The van der Waals surface area contributed by atoms with Gasteiger partial charge in [0, 0.05) is 13.0 Å². The fraction of sp³-hybridized carbons (Fsp3) is 0.500. The minimum absolute atomic E-state index is 0.248. The molecule has 0 fully saturated rings. The number of primary amides is 1. The van der Waals surface area contributed by atoms with Gasteiger partial charge in [0.25, 0.3) is 5.91 Å². The molecule has 0 radical (unpaired) electrons. The quantitative estimate of drug-likeness (QED) is 0.358. The molecule has 7 heteroatoms. The van der Waals surface area contributed by atoms with Crippen LogP contribution in [0.1, 0.15) is 57.4 Å². The van der Waals surface area contributed by atoms with Crippen LogP contribution in [0.2, 0.25) is 0 Å². The molecule has 3 amide bonds. The maximum atomic E-state index is 12.1. The third kappa shape index (κ3) is 9.53. The maximum absolute atomic E-state index is 12.1. The van der Waals surface area contributed by atoms with E-state index in [9.17, 15) is 19.2 Å². The van der Waals surface area contributed by atoms with E-state index in [0.29, 0.717) is 13.0 Å². The molecular weight excluding hydrogens is 346 g/mol. The Hall–Kier alpha value is -2.70. The van der Waals surface area contributed by atoms with Crippen LogP contribution in [0.25, 0.3) is 0 Å². The second-order valence-corrected chi connectivity index (χ2v) is 6.48. The number of hydrogen-bond acceptors (Lipinski definition) is 4. The summed E-state index contributed by atoms with van der Waals surface area (Å²) in [5.41, 5.74) is 5.94. The normalized spacial score (nSPS) is 11.4. The topological polar surface area (TPSA) is 118 Å². The lowest BCUT2D eigenvalue weighted by Gasteiger charge is -2.16. The maximum Gasteiger partial charge on any atom is 0.287 e. The van der Waals surface area contributed by atoms with E-state index < -0.39 is 23.6 Å². The number of carbonyl (C=O) groups is 4. The van der Waals surface area contributed by atoms with Gasteiger partial charge in [-0.15, -0.1) is 0 Å². The van der Waals surface area contributed by atoms with Gasteiger partial charge in [0.1, 0.15) is 6.04 Å². The number of amides is 3. The minimum atomic E-state index is -1.23. The van der Waals surface area contributed by atoms with Gasteiger partial charge in [-0.3, -0.25) is 19.2 Å². The lowest BCUT2D eigenvalue weighted by Crippen LogP contribution is -2.48. The second-order valence-electron chi connectivity index (χ2n) is 6.48. The van der Waals surface area contributed by atoms with Gasteiger partial charge >= 0.3 is 0 Å². The van der Waals surface area contributed by atoms with Crippen LogP contribution in [0.4, 0.5) is 0 Å². The summed E-state index contributed by atoms with van der Waals surface area (Å²) in [5, 5.41) is 5.14. The van der Waals surface area contributed by atoms with Gasteiger partial charge in [0.05, 0.1) is 6.42 Å². The predicted molar refractivity (Wildman–Crippen MR) is 102 cm³/mol. The summed E-state index contributed by atoms with van der Waals surface area (Å²) in [6, 6.07) is 8.04. The Bertz CT molecular complexity index is 631. The Morgan fingerprint density at radius 3 is 2.26 bits per heavy atom. The monoisotopic (exact) mass is 375 g/mol. The van der Waals surface area contributed by atoms with Crippen molar-refractivity contribution in [2.45, 2.75) is 64.5 Å². The lowest BCUT2D eigenvalue weighted by molar-refractivity contribution is -0.139. The van der Waals surface area contributed by atoms with Crippen molar-refractivity contribution >= 4 is 23.5 Å². The second kappa shape index (κ2) is 12.6. The molecule has 7 nitrogen and oxygen atoms in total. The van der Waals surface area contributed by atoms with Crippen molar-refractivity contribution in [3.8, 4) is 0 Å². The summed E-state index contributed by atoms with van der Waals surface area (Å²) < 4.78 is 0. The highest BCUT2D eigenvalue weighted by Gasteiger charge is 2.27. The SMILES string of the molecule is CCCCCCCC(=O)NC(CC(=O)NCc1ccccc1)C(=O)C(N)=O. The van der Waals surface area contributed by atoms with Crippen LogP contribution in [-0.4, -0.2) is 29.5 Å². The molecule has 4 N–H and O–H groups in total. The molecule has 0 spiro atoms. The average Bonchev–Trinajstić information content (AvgIpc) is 2.65. The highest BCUT2D eigenvalue weighted by molar-refractivity contribution is 6.38. The predicted octanol–water partition coefficient (Wildman–Crippen LogP) is 1.59. The van der Waals surface area contributed by atoms with Crippen molar-refractivity contribution in [1.29, 1.82) is 0 Å². The van der Waals surface area contributed by atoms with E-state index in [1.165, 1.54) is 0 Å². The Morgan fingerprint density at radius 1 is 0.963 bits per heavy atom. The van der Waals surface area contributed by atoms with E-state index in [1.54, 1.807) is 0 Å². The highest BCUT2D eigenvalue weighted by Crippen LogP contribution is 2.06. The molecule has 0 saturated carbocycles. The molecule has 27 heavy (non-hydrogen) atoms. The first-order valence-electron chi connectivity index (χ1n) is 9.37. The molecule has 1 atom stereocenters. The zero-order chi connectivity index (χ0) is 20.1. The van der Waals surface area contributed by atoms with Crippen LogP contribution in [-0.2, 0) is 25.7 Å². The number of hydrogen-bond donors (Lipinski definition) is 3. The van der Waals surface area contributed by atoms with Crippen LogP contribution in [0.15, 0.2) is 30.3 Å². The Balaban J connectivity index is 2.50. The molecule has 0 saturated heterocycles. The van der Waals surface area contributed by atoms with Crippen molar-refractivity contribution in [2.75, 3.05) is 0 Å². The molecular formula is C20H29N3O4. The molecule has 0 aliphatic heterocycles. The third-order valence-electron chi connectivity index (χ3n) is 4.12. The number of unbranched alkanes of at least 4 members (excludes halogenated alkanes) is 4. The van der Waals surface area contributed by atoms with Gasteiger partial charge in [0.2, 0.25) is 17.6 Å². The minimum Gasteiger partial charge on any atom is -0.363 e. The van der Waals surface area contributed by atoms with Gasteiger partial charge in [-0.2, -0.15) is 0 Å². The fourth-order valence-electron chi connectivity index (χ4n) is 2.59. The molecule has 148 valence electrons. The molecule has 0 bridgehead atoms. The van der Waals surface area contributed by atoms with Crippen molar-refractivity contribution < 1.29 is 19.2 Å². The number of rotatable bonds is 13. The molecule has 1 aromatic rings. The first kappa shape index (κ1) is 22.3. The number of nitrogens with two attached hydrogens (primary N) is 1. The van der Waals surface area contributed by atoms with Gasteiger partial charge < -0.3 is 16.4 Å². The van der Waals surface area contributed by atoms with Crippen LogP contribution >= 0.6 is 0 Å². The van der Waals surface area contributed by atoms with Crippen LogP contribution in [0, 0.1) is 0 Å². The highest BCUT2D eigenvalue weighted by atomic mass is 16.2. The molecule has 0 heterocycles. The van der Waals surface area contributed by atoms with Crippen LogP contribution in [0.5, 0.6) is 0 Å². The summed E-state index contributed by atoms with van der Waals surface area (Å²) in [6.45, 7) is 2.40. The number of Topliss-reactive ketones (excluding diaryl/α,β-unsaturated/α-hetero) is 1. The first-order valence-corrected chi connectivity index (χ1v) is 9.37. The van der Waals surface area contributed by atoms with E-state index in [4.69, 9.17) is 5.73 Å².